The molecule has 1 amide bonds. The molecule has 6 heteroatoms. The molecule has 0 atom stereocenters. The van der Waals surface area contributed by atoms with Crippen molar-refractivity contribution in [3.05, 3.63) is 29.6 Å². The summed E-state index contributed by atoms with van der Waals surface area (Å²) in [6, 6.07) is 3.44. The number of carboxylic acid groups (broad SMARTS) is 1. The Bertz CT molecular complexity index is 505. The van der Waals surface area contributed by atoms with Crippen LogP contribution >= 0.6 is 0 Å². The highest BCUT2D eigenvalue weighted by atomic mass is 19.1. The Hall–Kier alpha value is -1.95. The van der Waals surface area contributed by atoms with Crippen molar-refractivity contribution in [2.45, 2.75) is 26.7 Å². The molecule has 0 heterocycles. The second-order valence-corrected chi connectivity index (χ2v) is 4.65. The monoisotopic (exact) mass is 282 g/mol. The van der Waals surface area contributed by atoms with Crippen LogP contribution in [0.4, 0.5) is 10.1 Å². The first-order valence-electron chi connectivity index (χ1n) is 6.44. The standard InChI is InChI=1S/C14H19FN2O3/c1-3-14(4-2,8-16)13(20)17-9-5-6-11(15)10(7-9)12(18)19/h5-7H,3-4,8,16H2,1-2H3,(H,17,20)(H,18,19). The van der Waals surface area contributed by atoms with Crippen molar-refractivity contribution in [1.82, 2.24) is 0 Å². The summed E-state index contributed by atoms with van der Waals surface area (Å²) in [6.45, 7) is 3.92. The fraction of sp³-hybridized carbons (Fsp3) is 0.429. The van der Waals surface area contributed by atoms with E-state index < -0.39 is 22.8 Å². The summed E-state index contributed by atoms with van der Waals surface area (Å²) in [5.74, 6) is -2.51. The van der Waals surface area contributed by atoms with E-state index in [1.807, 2.05) is 13.8 Å². The number of hydrogen-bond donors (Lipinski definition) is 3. The van der Waals surface area contributed by atoms with Crippen LogP contribution in [0.15, 0.2) is 18.2 Å². The lowest BCUT2D eigenvalue weighted by Gasteiger charge is -2.28. The lowest BCUT2D eigenvalue weighted by atomic mass is 9.81. The predicted octanol–water partition coefficient (Wildman–Crippen LogP) is 2.23. The van der Waals surface area contributed by atoms with Crippen molar-refractivity contribution < 1.29 is 19.1 Å². The van der Waals surface area contributed by atoms with E-state index in [0.717, 1.165) is 12.1 Å². The molecule has 0 aromatic heterocycles. The molecule has 0 aliphatic carbocycles. The third-order valence-electron chi connectivity index (χ3n) is 3.68. The molecule has 4 N–H and O–H groups in total. The first kappa shape index (κ1) is 16.1. The van der Waals surface area contributed by atoms with E-state index >= 15 is 0 Å². The van der Waals surface area contributed by atoms with E-state index in [-0.39, 0.29) is 18.1 Å². The van der Waals surface area contributed by atoms with E-state index in [0.29, 0.717) is 12.8 Å². The van der Waals surface area contributed by atoms with Gasteiger partial charge in [-0.3, -0.25) is 4.79 Å². The lowest BCUT2D eigenvalue weighted by molar-refractivity contribution is -0.125. The molecule has 0 bridgehead atoms. The van der Waals surface area contributed by atoms with Gasteiger partial charge in [0.25, 0.3) is 0 Å². The van der Waals surface area contributed by atoms with E-state index in [4.69, 9.17) is 10.8 Å². The van der Waals surface area contributed by atoms with Crippen molar-refractivity contribution in [2.24, 2.45) is 11.1 Å². The van der Waals surface area contributed by atoms with Gasteiger partial charge in [0.15, 0.2) is 0 Å². The van der Waals surface area contributed by atoms with Crippen molar-refractivity contribution in [3.63, 3.8) is 0 Å². The van der Waals surface area contributed by atoms with Gasteiger partial charge in [-0.2, -0.15) is 0 Å². The zero-order valence-corrected chi connectivity index (χ0v) is 11.6. The topological polar surface area (TPSA) is 92.4 Å². The normalized spacial score (nSPS) is 11.2. The summed E-state index contributed by atoms with van der Waals surface area (Å²) in [6.07, 6.45) is 1.14. The van der Waals surface area contributed by atoms with E-state index in [1.54, 1.807) is 0 Å². The first-order chi connectivity index (χ1) is 9.40. The number of anilines is 1. The summed E-state index contributed by atoms with van der Waals surface area (Å²) in [7, 11) is 0. The number of carboxylic acids is 1. The van der Waals surface area contributed by atoms with Crippen molar-refractivity contribution in [1.29, 1.82) is 0 Å². The molecule has 0 aliphatic heterocycles. The van der Waals surface area contributed by atoms with Crippen LogP contribution in [0.2, 0.25) is 0 Å². The maximum absolute atomic E-state index is 13.3. The van der Waals surface area contributed by atoms with Crippen molar-refractivity contribution >= 4 is 17.6 Å². The highest BCUT2D eigenvalue weighted by Gasteiger charge is 2.33. The van der Waals surface area contributed by atoms with Gasteiger partial charge in [-0.25, -0.2) is 9.18 Å². The van der Waals surface area contributed by atoms with Crippen LogP contribution in [-0.4, -0.2) is 23.5 Å². The maximum Gasteiger partial charge on any atom is 0.338 e. The average Bonchev–Trinajstić information content (AvgIpc) is 2.43. The third kappa shape index (κ3) is 3.14. The molecular weight excluding hydrogens is 263 g/mol. The smallest absolute Gasteiger partial charge is 0.338 e. The van der Waals surface area contributed by atoms with Crippen LogP contribution in [0.1, 0.15) is 37.0 Å². The van der Waals surface area contributed by atoms with Gasteiger partial charge >= 0.3 is 5.97 Å². The number of nitrogens with one attached hydrogen (secondary N) is 1. The fourth-order valence-electron chi connectivity index (χ4n) is 1.98. The quantitative estimate of drug-likeness (QED) is 0.746. The lowest BCUT2D eigenvalue weighted by Crippen LogP contribution is -2.41. The van der Waals surface area contributed by atoms with Crippen LogP contribution < -0.4 is 11.1 Å². The Labute approximate surface area is 117 Å². The Kier molecular flexibility index (Phi) is 5.21. The zero-order chi connectivity index (χ0) is 15.3. The molecule has 0 unspecified atom stereocenters. The summed E-state index contributed by atoms with van der Waals surface area (Å²) >= 11 is 0. The number of hydrogen-bond acceptors (Lipinski definition) is 3. The van der Waals surface area contributed by atoms with Crippen LogP contribution in [0, 0.1) is 11.2 Å². The Balaban J connectivity index is 3.02. The van der Waals surface area contributed by atoms with Crippen LogP contribution in [0.5, 0.6) is 0 Å². The Morgan fingerprint density at radius 3 is 2.40 bits per heavy atom. The van der Waals surface area contributed by atoms with Gasteiger partial charge < -0.3 is 16.2 Å². The number of amides is 1. The van der Waals surface area contributed by atoms with Gasteiger partial charge in [0, 0.05) is 12.2 Å². The van der Waals surface area contributed by atoms with Crippen LogP contribution in [-0.2, 0) is 4.79 Å². The van der Waals surface area contributed by atoms with Crippen molar-refractivity contribution in [3.8, 4) is 0 Å². The summed E-state index contributed by atoms with van der Waals surface area (Å²) in [5, 5.41) is 11.5. The number of nitrogens with two attached hydrogens (primary N) is 1. The minimum Gasteiger partial charge on any atom is -0.478 e. The molecule has 0 saturated heterocycles. The third-order valence-corrected chi connectivity index (χ3v) is 3.68. The van der Waals surface area contributed by atoms with Gasteiger partial charge in [-0.15, -0.1) is 0 Å². The molecule has 20 heavy (non-hydrogen) atoms. The molecule has 0 aliphatic rings. The molecule has 0 spiro atoms. The van der Waals surface area contributed by atoms with Crippen molar-refractivity contribution in [2.75, 3.05) is 11.9 Å². The molecule has 1 aromatic carbocycles. The molecule has 1 rings (SSSR count). The molecule has 0 saturated carbocycles. The second-order valence-electron chi connectivity index (χ2n) is 4.65. The summed E-state index contributed by atoms with van der Waals surface area (Å²) in [5.41, 5.74) is 4.74. The minimum absolute atomic E-state index is 0.193. The average molecular weight is 282 g/mol. The Morgan fingerprint density at radius 2 is 1.95 bits per heavy atom. The predicted molar refractivity (Wildman–Crippen MR) is 74.1 cm³/mol. The zero-order valence-electron chi connectivity index (χ0n) is 11.6. The SMILES string of the molecule is CCC(CC)(CN)C(=O)Nc1ccc(F)c(C(=O)O)c1. The highest BCUT2D eigenvalue weighted by Crippen LogP contribution is 2.27. The van der Waals surface area contributed by atoms with Gasteiger partial charge in [-0.1, -0.05) is 13.8 Å². The molecular formula is C14H19FN2O3. The molecule has 1 aromatic rings. The summed E-state index contributed by atoms with van der Waals surface area (Å²) in [4.78, 5) is 23.1. The number of benzene rings is 1. The number of carbonyl (C=O) groups excluding carboxylic acids is 1. The second kappa shape index (κ2) is 6.47. The number of carbonyl (C=O) groups is 2. The van der Waals surface area contributed by atoms with Crippen LogP contribution in [0.25, 0.3) is 0 Å². The van der Waals surface area contributed by atoms with Gasteiger partial charge in [0.2, 0.25) is 5.91 Å². The van der Waals surface area contributed by atoms with Gasteiger partial charge in [0.05, 0.1) is 11.0 Å². The number of aromatic carboxylic acids is 1. The maximum atomic E-state index is 13.3. The van der Waals surface area contributed by atoms with E-state index in [1.165, 1.54) is 6.07 Å². The molecule has 110 valence electrons. The van der Waals surface area contributed by atoms with E-state index in [9.17, 15) is 14.0 Å². The van der Waals surface area contributed by atoms with Gasteiger partial charge in [-0.05, 0) is 31.0 Å². The highest BCUT2D eigenvalue weighted by molar-refractivity contribution is 5.97. The fourth-order valence-corrected chi connectivity index (χ4v) is 1.98. The molecule has 0 fully saturated rings. The largest absolute Gasteiger partial charge is 0.478 e. The van der Waals surface area contributed by atoms with E-state index in [2.05, 4.69) is 5.32 Å². The first-order valence-corrected chi connectivity index (χ1v) is 6.44. The molecule has 0 radical (unpaired) electrons. The molecule has 5 nitrogen and oxygen atoms in total. The number of rotatable bonds is 6. The number of halogens is 1. The Morgan fingerprint density at radius 1 is 1.35 bits per heavy atom. The van der Waals surface area contributed by atoms with Crippen LogP contribution in [0.3, 0.4) is 0 Å². The minimum atomic E-state index is -1.38. The summed E-state index contributed by atoms with van der Waals surface area (Å²) < 4.78 is 13.3. The van der Waals surface area contributed by atoms with Gasteiger partial charge in [0.1, 0.15) is 5.82 Å².